The molecule has 0 rings (SSSR count). The summed E-state index contributed by atoms with van der Waals surface area (Å²) in [7, 11) is -42.3. The van der Waals surface area contributed by atoms with Gasteiger partial charge in [0.15, 0.2) is 48.1 Å². The number of hydrogen-bond acceptors (Lipinski definition) is 69. The fraction of sp³-hybridized carbons (Fsp3) is 0.689. The summed E-state index contributed by atoms with van der Waals surface area (Å²) in [6, 6.07) is 0. The molecule has 0 spiro atoms. The van der Waals surface area contributed by atoms with Gasteiger partial charge in [0.25, 0.3) is 0 Å². The fourth-order valence-corrected chi connectivity index (χ4v) is 6.65. The highest BCUT2D eigenvalue weighted by Crippen LogP contribution is 2.30. The molecule has 0 aromatic heterocycles. The molecular weight excluding hydrogens is 1890 g/mol. The van der Waals surface area contributed by atoms with Crippen molar-refractivity contribution in [1.82, 2.24) is 0 Å². The second-order valence-electron chi connectivity index (χ2n) is 20.1. The van der Waals surface area contributed by atoms with Crippen molar-refractivity contribution in [3.63, 3.8) is 0 Å². The third-order valence-corrected chi connectivity index (χ3v) is 13.3. The molecule has 0 saturated carbocycles. The molecule has 0 bridgehead atoms. The van der Waals surface area contributed by atoms with Crippen molar-refractivity contribution in [2.24, 2.45) is 0 Å². The van der Waals surface area contributed by atoms with Crippen LogP contribution in [0.15, 0.2) is 12.3 Å². The summed E-state index contributed by atoms with van der Waals surface area (Å²) in [6.45, 7) is -1.77. The molecule has 0 aromatic carbocycles. The second kappa shape index (κ2) is 70.7. The normalized spacial score (nSPS) is 15.8. The van der Waals surface area contributed by atoms with Crippen LogP contribution in [0.1, 0.15) is 27.7 Å². The Kier molecular flexibility index (Phi) is 81.1. The van der Waals surface area contributed by atoms with Gasteiger partial charge in [-0.05, 0) is 20.8 Å². The Balaban J connectivity index is -0.000000124. The van der Waals surface area contributed by atoms with Gasteiger partial charge in [-0.2, -0.15) is 0 Å². The van der Waals surface area contributed by atoms with Crippen molar-refractivity contribution in [2.75, 3.05) is 59.5 Å². The van der Waals surface area contributed by atoms with Crippen LogP contribution in [0, 0.1) is 0 Å². The van der Waals surface area contributed by atoms with Crippen LogP contribution >= 0.6 is 62.6 Å². The Labute approximate surface area is 678 Å². The molecule has 728 valence electrons. The number of aliphatic carboxylic acids is 4. The maximum atomic E-state index is 10.9. The van der Waals surface area contributed by atoms with E-state index in [9.17, 15) is 193 Å². The fourth-order valence-electron chi connectivity index (χ4n) is 3.93. The Hall–Kier alpha value is -5.30. The highest BCUT2D eigenvalue weighted by molar-refractivity contribution is 7.45. The topological polar surface area (TPSA) is 1300 Å². The minimum Gasteiger partial charge on any atom is -0.790 e. The van der Waals surface area contributed by atoms with Gasteiger partial charge in [0.05, 0.1) is 110 Å². The molecule has 0 radical (unpaired) electrons. The first-order chi connectivity index (χ1) is 54.3. The molecule has 0 amide bonds. The average molecular weight is 1970 g/mol. The number of ketones is 4. The number of carbonyl (C=O) groups is 12. The number of aliphatic hydroxyl groups excluding tert-OH is 21. The SMILES string of the molecule is C=C(OP(=O)([O-])[O-])C(=O)[O-].CC(=O)C(=O)[O-].CC(O)C(O)C(O)C(=O)CO.CC(O)C(O)C(O)C(=O)COP(=O)([O-])[O-].CC(O)C(O)C(O)C(O)C=O.O=C(CO)COP(=O)([O-])[O-].O=C(OP(=O)([O-])[O-])C(O)COP(=O)([O-])[O-].O=C([O-])C(CO)OP(=O)([O-])[O-].O=C([O-])C(O)COP(=O)([O-])[O-].O=CC(O)C(O)C(O)C(O)CO.O=CC(O)COP(=O)([O-])[O-]. The second-order valence-corrected chi connectivity index (χ2v) is 29.1. The average Bonchev–Trinajstić information content (AvgIpc) is 0.919. The number of carbonyl (C=O) groups excluding carboxylic acids is 12. The molecule has 18 unspecified atom stereocenters. The number of phosphoric acid groups is 8. The van der Waals surface area contributed by atoms with Crippen molar-refractivity contribution in [2.45, 2.75) is 138 Å². The van der Waals surface area contributed by atoms with Crippen molar-refractivity contribution in [1.29, 1.82) is 0 Å². The van der Waals surface area contributed by atoms with Crippen LogP contribution in [0.4, 0.5) is 0 Å². The summed E-state index contributed by atoms with van der Waals surface area (Å²) in [4.78, 5) is 275. The Morgan fingerprint density at radius 1 is 0.369 bits per heavy atom. The zero-order valence-corrected chi connectivity index (χ0v) is 67.9. The Morgan fingerprint density at radius 2 is 0.689 bits per heavy atom. The smallest absolute Gasteiger partial charge is 0.340 e. The standard InChI is InChI=1S/C6H13O8P.C6H12O6.2C6H12O5.C3H8O10P2.2C3H7O7P.2C3H7O6P.C3H5O6P.C3H4O3/c1-3(7)5(9)6(10)4(8)2-14-15(11,12)13;7-1-3(9)5(11)6(12)4(10)2-8;2*1-3(8)5(10)6(11)4(9)2-7;4-2(1-12-14(6,7)8)3(5)13-15(9,10)11;4-2(3(5)6)1-10-11(7,8)9;4-1-2(3(5)6)10-11(7,8)9;2*4-1-3(5)2-9-10(6,7)8;1-2(3(4)5)9-10(6,7)8;1-2(4)3(5)6/h3,5-7,9-10H,2H2,1H3,(H2,11,12,13);1,3-6,8-12H,2H2;3,5-8,10-11H,2H2,1H3;2-6,8-11H,1H3;2,4H,1H2,(H2,6,7,8)(H2,9,10,11);2*2,4H,1H2,(H,5,6)(H2,7,8,9);4H,1-2H2,(H2,6,7,8);1,3,5H,2H2,(H2,6,7,8);1H2,(H,4,5)(H2,6,7,8);1H3,(H,5,6)/p-20. The van der Waals surface area contributed by atoms with Gasteiger partial charge in [-0.15, -0.1) is 0 Å². The summed E-state index contributed by atoms with van der Waals surface area (Å²) >= 11 is 0. The highest BCUT2D eigenvalue weighted by Gasteiger charge is 2.31. The van der Waals surface area contributed by atoms with Crippen LogP contribution < -0.4 is 98.7 Å². The number of carboxylic acids is 4. The predicted octanol–water partition coefficient (Wildman–Crippen LogP) is -33.9. The quantitative estimate of drug-likeness (QED) is 0.00885. The largest absolute Gasteiger partial charge is 0.790 e. The van der Waals surface area contributed by atoms with Gasteiger partial charge in [-0.1, -0.05) is 6.58 Å². The summed E-state index contributed by atoms with van der Waals surface area (Å²) in [6.07, 6.45) is -30.4. The number of carboxylic acid groups (broad SMARTS) is 4. The molecule has 0 heterocycles. The van der Waals surface area contributed by atoms with Crippen LogP contribution in [0.25, 0.3) is 0 Å². The first-order valence-electron chi connectivity index (χ1n) is 29.3. The number of aldehydes is 3. The molecule has 0 aromatic rings. The van der Waals surface area contributed by atoms with E-state index in [0.29, 0.717) is 0 Å². The number of phosphoric ester groups is 8. The van der Waals surface area contributed by atoms with Crippen molar-refractivity contribution >= 4 is 134 Å². The van der Waals surface area contributed by atoms with E-state index in [1.54, 1.807) is 0 Å². The minimum absolute atomic E-state index is 0.0258. The lowest BCUT2D eigenvalue weighted by molar-refractivity contribution is -0.354. The van der Waals surface area contributed by atoms with Crippen LogP contribution in [-0.2, 0) is 130 Å². The summed E-state index contributed by atoms with van der Waals surface area (Å²) in [5.41, 5.74) is 0. The minimum atomic E-state index is -5.63. The van der Waals surface area contributed by atoms with E-state index < -0.39 is 291 Å². The van der Waals surface area contributed by atoms with E-state index in [-0.39, 0.29) is 18.9 Å². The lowest BCUT2D eigenvalue weighted by atomic mass is 10.0. The number of Topliss-reactive ketones (excluding diaryl/α,β-unsaturated/α-hetero) is 4. The summed E-state index contributed by atoms with van der Waals surface area (Å²) in [5.74, 6) is -14.5. The molecule has 77 heteroatoms. The third kappa shape index (κ3) is 100. The lowest BCUT2D eigenvalue weighted by Crippen LogP contribution is -2.46. The van der Waals surface area contributed by atoms with Gasteiger partial charge in [0, 0.05) is 6.92 Å². The molecule has 122 heavy (non-hydrogen) atoms. The van der Waals surface area contributed by atoms with Gasteiger partial charge in [0.2, 0.25) is 0 Å². The first-order valence-corrected chi connectivity index (χ1v) is 40.9. The summed E-state index contributed by atoms with van der Waals surface area (Å²) in [5, 5.41) is 220. The van der Waals surface area contributed by atoms with Gasteiger partial charge in [0.1, 0.15) is 145 Å². The molecule has 0 saturated heterocycles. The van der Waals surface area contributed by atoms with Crippen LogP contribution in [0.5, 0.6) is 0 Å². The molecule has 18 atom stereocenters. The lowest BCUT2D eigenvalue weighted by Gasteiger charge is -2.32. The van der Waals surface area contributed by atoms with Crippen LogP contribution in [0.3, 0.4) is 0 Å². The predicted molar refractivity (Wildman–Crippen MR) is 323 cm³/mol. The first kappa shape index (κ1) is 140. The van der Waals surface area contributed by atoms with Gasteiger partial charge in [-0.25, -0.2) is 4.79 Å². The zero-order valence-electron chi connectivity index (χ0n) is 60.8. The molecule has 69 nitrogen and oxygen atoms in total. The Morgan fingerprint density at radius 3 is 0.918 bits per heavy atom. The maximum absolute atomic E-state index is 10.9. The van der Waals surface area contributed by atoms with Gasteiger partial charge < -0.3 is 312 Å². The van der Waals surface area contributed by atoms with E-state index in [0.717, 1.165) is 13.8 Å². The van der Waals surface area contributed by atoms with E-state index in [4.69, 9.17) is 107 Å². The van der Waals surface area contributed by atoms with Crippen molar-refractivity contribution < 1.29 is 336 Å². The van der Waals surface area contributed by atoms with Gasteiger partial charge >= 0.3 is 5.97 Å². The van der Waals surface area contributed by atoms with E-state index >= 15 is 0 Å². The van der Waals surface area contributed by atoms with E-state index in [2.05, 4.69) is 42.8 Å². The third-order valence-electron chi connectivity index (χ3n) is 9.64. The highest BCUT2D eigenvalue weighted by atomic mass is 31.2. The van der Waals surface area contributed by atoms with Crippen molar-refractivity contribution in [3.8, 4) is 0 Å². The molecule has 0 aliphatic rings. The van der Waals surface area contributed by atoms with Crippen LogP contribution in [-0.4, -0.2) is 348 Å². The van der Waals surface area contributed by atoms with Gasteiger partial charge in [-0.3, -0.25) is 19.2 Å². The van der Waals surface area contributed by atoms with Crippen molar-refractivity contribution in [3.05, 3.63) is 12.3 Å². The maximum Gasteiger partial charge on any atom is 0.340 e. The number of rotatable bonds is 44. The van der Waals surface area contributed by atoms with E-state index in [1.807, 2.05) is 0 Å². The zero-order chi connectivity index (χ0) is 100. The molecule has 21 N–H and O–H groups in total. The number of aliphatic hydroxyl groups is 21. The molecule has 0 fully saturated rings. The monoisotopic (exact) mass is 1970 g/mol. The number of hydrogen-bond donors (Lipinski definition) is 21. The summed E-state index contributed by atoms with van der Waals surface area (Å²) < 4.78 is 105. The Bertz CT molecular complexity index is 3420. The van der Waals surface area contributed by atoms with Crippen LogP contribution in [0.2, 0.25) is 0 Å². The molecular formula is C45H74O69P8-20. The molecule has 0 aliphatic carbocycles. The molecule has 0 aliphatic heterocycles. The van der Waals surface area contributed by atoms with E-state index in [1.165, 1.54) is 13.8 Å².